The molecular formula is C10H15NO4. The van der Waals surface area contributed by atoms with Gasteiger partial charge < -0.3 is 4.84 Å². The molecule has 0 aliphatic heterocycles. The van der Waals surface area contributed by atoms with E-state index in [0.29, 0.717) is 0 Å². The molecule has 2 rings (SSSR count). The molecular weight excluding hydrogens is 198 g/mol. The number of carbonyl (C=O) groups excluding carboxylic acids is 1. The highest BCUT2D eigenvalue weighted by Crippen LogP contribution is 2.64. The fourth-order valence-corrected chi connectivity index (χ4v) is 3.22. The average molecular weight is 213 g/mol. The summed E-state index contributed by atoms with van der Waals surface area (Å²) in [7, 11) is 0. The zero-order chi connectivity index (χ0) is 11.4. The average Bonchev–Trinajstić information content (AvgIpc) is 2.40. The molecule has 5 nitrogen and oxygen atoms in total. The molecule has 2 aliphatic carbocycles. The van der Waals surface area contributed by atoms with Crippen molar-refractivity contribution in [1.29, 1.82) is 0 Å². The summed E-state index contributed by atoms with van der Waals surface area (Å²) >= 11 is 0. The van der Waals surface area contributed by atoms with Gasteiger partial charge in [-0.1, -0.05) is 20.8 Å². The fourth-order valence-electron chi connectivity index (χ4n) is 3.22. The largest absolute Gasteiger partial charge is 0.302 e. The molecule has 15 heavy (non-hydrogen) atoms. The first-order valence-corrected chi connectivity index (χ1v) is 5.16. The van der Waals surface area contributed by atoms with Crippen molar-refractivity contribution >= 4 is 5.78 Å². The smallest absolute Gasteiger partial charge is 0.295 e. The fraction of sp³-hybridized carbons (Fsp3) is 0.900. The minimum Gasteiger partial charge on any atom is -0.302 e. The Morgan fingerprint density at radius 2 is 2.07 bits per heavy atom. The molecule has 0 spiro atoms. The molecule has 0 heterocycles. The molecule has 2 fully saturated rings. The van der Waals surface area contributed by atoms with E-state index in [1.807, 2.05) is 20.8 Å². The zero-order valence-electron chi connectivity index (χ0n) is 9.15. The number of Topliss-reactive ketones (excluding diaryl/α,β-unsaturated/α-hetero) is 1. The third-order valence-electron chi connectivity index (χ3n) is 4.67. The van der Waals surface area contributed by atoms with Crippen molar-refractivity contribution in [1.82, 2.24) is 0 Å². The molecule has 0 aromatic heterocycles. The first-order chi connectivity index (χ1) is 6.80. The summed E-state index contributed by atoms with van der Waals surface area (Å²) in [5.41, 5.74) is -0.636. The summed E-state index contributed by atoms with van der Waals surface area (Å²) in [6.45, 7) is 5.91. The van der Waals surface area contributed by atoms with Gasteiger partial charge in [0.2, 0.25) is 0 Å². The minimum absolute atomic E-state index is 0.0135. The third-order valence-corrected chi connectivity index (χ3v) is 4.67. The first-order valence-electron chi connectivity index (χ1n) is 5.16. The highest BCUT2D eigenvalue weighted by molar-refractivity contribution is 5.93. The summed E-state index contributed by atoms with van der Waals surface area (Å²) in [5.74, 6) is -0.110. The van der Waals surface area contributed by atoms with E-state index < -0.39 is 16.6 Å². The van der Waals surface area contributed by atoms with Crippen molar-refractivity contribution in [3.8, 4) is 0 Å². The summed E-state index contributed by atoms with van der Waals surface area (Å²) < 4.78 is 0. The molecule has 3 atom stereocenters. The summed E-state index contributed by atoms with van der Waals surface area (Å²) in [6, 6.07) is 0. The van der Waals surface area contributed by atoms with Gasteiger partial charge in [-0.2, -0.15) is 0 Å². The van der Waals surface area contributed by atoms with Crippen molar-refractivity contribution in [3.05, 3.63) is 10.1 Å². The Morgan fingerprint density at radius 3 is 2.47 bits per heavy atom. The first kappa shape index (κ1) is 10.4. The minimum atomic E-state index is -0.845. The van der Waals surface area contributed by atoms with Gasteiger partial charge in [0, 0.05) is 5.41 Å². The van der Waals surface area contributed by atoms with Crippen LogP contribution < -0.4 is 0 Å². The quantitative estimate of drug-likeness (QED) is 0.516. The maximum absolute atomic E-state index is 12.0. The van der Waals surface area contributed by atoms with Crippen LogP contribution in [-0.4, -0.2) is 17.0 Å². The Morgan fingerprint density at radius 1 is 1.47 bits per heavy atom. The van der Waals surface area contributed by atoms with Gasteiger partial charge in [-0.25, -0.2) is 0 Å². The molecule has 0 saturated heterocycles. The van der Waals surface area contributed by atoms with Crippen LogP contribution in [0, 0.1) is 26.9 Å². The van der Waals surface area contributed by atoms with Gasteiger partial charge >= 0.3 is 0 Å². The van der Waals surface area contributed by atoms with Gasteiger partial charge in [0.15, 0.2) is 11.9 Å². The third kappa shape index (κ3) is 1.06. The van der Waals surface area contributed by atoms with Crippen molar-refractivity contribution in [3.63, 3.8) is 0 Å². The number of ketones is 1. The Labute approximate surface area is 87.9 Å². The van der Waals surface area contributed by atoms with Crippen LogP contribution in [0.5, 0.6) is 0 Å². The van der Waals surface area contributed by atoms with Crippen LogP contribution in [0.25, 0.3) is 0 Å². The zero-order valence-corrected chi connectivity index (χ0v) is 9.15. The van der Waals surface area contributed by atoms with Gasteiger partial charge in [0.1, 0.15) is 0 Å². The molecule has 0 radical (unpaired) electrons. The number of fused-ring (bicyclic) bond motifs is 2. The van der Waals surface area contributed by atoms with Crippen molar-refractivity contribution in [2.45, 2.75) is 39.7 Å². The summed E-state index contributed by atoms with van der Waals surface area (Å²) in [4.78, 5) is 26.9. The van der Waals surface area contributed by atoms with E-state index in [9.17, 15) is 14.9 Å². The van der Waals surface area contributed by atoms with Gasteiger partial charge in [0.05, 0.1) is 0 Å². The van der Waals surface area contributed by atoms with Crippen molar-refractivity contribution in [2.24, 2.45) is 16.7 Å². The Balaban J connectivity index is 2.34. The van der Waals surface area contributed by atoms with Crippen LogP contribution in [0.3, 0.4) is 0 Å². The van der Waals surface area contributed by atoms with Gasteiger partial charge in [-0.05, 0) is 24.2 Å². The predicted octanol–water partition coefficient (Wildman–Crippen LogP) is 1.59. The number of nitrogens with zero attached hydrogens (tertiary/aromatic N) is 1. The maximum atomic E-state index is 12.0. The second-order valence-electron chi connectivity index (χ2n) is 5.31. The normalized spacial score (nSPS) is 41.9. The molecule has 84 valence electrons. The van der Waals surface area contributed by atoms with Crippen molar-refractivity contribution < 1.29 is 14.7 Å². The second-order valence-corrected chi connectivity index (χ2v) is 5.31. The van der Waals surface area contributed by atoms with Crippen molar-refractivity contribution in [2.75, 3.05) is 0 Å². The molecule has 0 amide bonds. The van der Waals surface area contributed by atoms with Crippen LogP contribution in [0.2, 0.25) is 0 Å². The summed E-state index contributed by atoms with van der Waals surface area (Å²) in [5, 5.41) is 9.48. The Kier molecular flexibility index (Phi) is 1.88. The van der Waals surface area contributed by atoms with Crippen LogP contribution in [0.4, 0.5) is 0 Å². The molecule has 2 aliphatic rings. The van der Waals surface area contributed by atoms with Crippen LogP contribution in [0.15, 0.2) is 0 Å². The Hall–Kier alpha value is -1.13. The van der Waals surface area contributed by atoms with Gasteiger partial charge in [-0.15, -0.1) is 10.1 Å². The molecule has 3 unspecified atom stereocenters. The maximum Gasteiger partial charge on any atom is 0.295 e. The van der Waals surface area contributed by atoms with Gasteiger partial charge in [0.25, 0.3) is 5.09 Å². The number of rotatable bonds is 2. The van der Waals surface area contributed by atoms with E-state index in [1.54, 1.807) is 0 Å². The van der Waals surface area contributed by atoms with Crippen LogP contribution >= 0.6 is 0 Å². The molecule has 2 saturated carbocycles. The lowest BCUT2D eigenvalue weighted by atomic mass is 9.70. The van der Waals surface area contributed by atoms with E-state index in [4.69, 9.17) is 0 Å². The lowest BCUT2D eigenvalue weighted by Crippen LogP contribution is -2.37. The predicted molar refractivity (Wildman–Crippen MR) is 51.5 cm³/mol. The molecule has 0 N–H and O–H groups in total. The Bertz CT molecular complexity index is 338. The van der Waals surface area contributed by atoms with E-state index in [-0.39, 0.29) is 17.1 Å². The number of carbonyl (C=O) groups is 1. The van der Waals surface area contributed by atoms with Crippen LogP contribution in [0.1, 0.15) is 33.6 Å². The highest BCUT2D eigenvalue weighted by atomic mass is 17.0. The second kappa shape index (κ2) is 2.71. The number of hydrogen-bond donors (Lipinski definition) is 0. The molecule has 0 aromatic carbocycles. The summed E-state index contributed by atoms with van der Waals surface area (Å²) in [6.07, 6.45) is 0.822. The lowest BCUT2D eigenvalue weighted by Gasteiger charge is -2.31. The van der Waals surface area contributed by atoms with E-state index in [0.717, 1.165) is 12.8 Å². The SMILES string of the molecule is CC12CCC(C(O[N+](=O)[O-])C1=O)C2(C)C. The highest BCUT2D eigenvalue weighted by Gasteiger charge is 2.67. The van der Waals surface area contributed by atoms with E-state index >= 15 is 0 Å². The topological polar surface area (TPSA) is 69.4 Å². The number of hydrogen-bond acceptors (Lipinski definition) is 4. The van der Waals surface area contributed by atoms with Gasteiger partial charge in [-0.3, -0.25) is 4.79 Å². The lowest BCUT2D eigenvalue weighted by molar-refractivity contribution is -0.766. The van der Waals surface area contributed by atoms with Crippen LogP contribution in [-0.2, 0) is 9.63 Å². The molecule has 2 bridgehead atoms. The monoisotopic (exact) mass is 213 g/mol. The molecule has 5 heteroatoms. The standard InChI is InChI=1S/C10H15NO4/c1-9(2)6-4-5-10(9,3)8(12)7(6)15-11(13)14/h6-7H,4-5H2,1-3H3. The van der Waals surface area contributed by atoms with E-state index in [1.165, 1.54) is 0 Å². The van der Waals surface area contributed by atoms with E-state index in [2.05, 4.69) is 4.84 Å². The molecule has 0 aromatic rings.